The molecule has 1 aliphatic rings. The van der Waals surface area contributed by atoms with Crippen molar-refractivity contribution >= 4 is 33.6 Å². The molecular formula is C17H22BrFN4OS. The van der Waals surface area contributed by atoms with Gasteiger partial charge in [-0.3, -0.25) is 4.57 Å². The molecule has 5 nitrogen and oxygen atoms in total. The summed E-state index contributed by atoms with van der Waals surface area (Å²) in [6, 6.07) is 5.16. The van der Waals surface area contributed by atoms with Crippen LogP contribution in [0.25, 0.3) is 0 Å². The summed E-state index contributed by atoms with van der Waals surface area (Å²) < 4.78 is 22.4. The van der Waals surface area contributed by atoms with E-state index in [0.29, 0.717) is 30.4 Å². The second-order valence-corrected chi connectivity index (χ2v) is 8.27. The molecule has 1 aromatic carbocycles. The van der Waals surface area contributed by atoms with Crippen molar-refractivity contribution in [2.24, 2.45) is 5.92 Å². The highest BCUT2D eigenvalue weighted by Crippen LogP contribution is 2.28. The number of benzene rings is 1. The minimum absolute atomic E-state index is 0.204. The molecular weight excluding hydrogens is 407 g/mol. The molecule has 136 valence electrons. The van der Waals surface area contributed by atoms with Gasteiger partial charge in [-0.2, -0.15) is 0 Å². The van der Waals surface area contributed by atoms with Gasteiger partial charge in [0, 0.05) is 29.9 Å². The Bertz CT molecular complexity index is 719. The van der Waals surface area contributed by atoms with Gasteiger partial charge in [0.25, 0.3) is 0 Å². The Kier molecular flexibility index (Phi) is 6.35. The van der Waals surface area contributed by atoms with E-state index in [2.05, 4.69) is 49.4 Å². The van der Waals surface area contributed by atoms with E-state index in [0.717, 1.165) is 35.2 Å². The maximum Gasteiger partial charge on any atom is 0.228 e. The highest BCUT2D eigenvalue weighted by Gasteiger charge is 2.21. The van der Waals surface area contributed by atoms with Crippen LogP contribution in [0.4, 0.5) is 10.3 Å². The second-order valence-electron chi connectivity index (χ2n) is 6.41. The first-order valence-electron chi connectivity index (χ1n) is 8.37. The Balaban J connectivity index is 1.78. The summed E-state index contributed by atoms with van der Waals surface area (Å²) in [5.74, 6) is 1.68. The first kappa shape index (κ1) is 18.7. The van der Waals surface area contributed by atoms with Crippen molar-refractivity contribution in [2.45, 2.75) is 31.3 Å². The van der Waals surface area contributed by atoms with Gasteiger partial charge in [0.15, 0.2) is 5.16 Å². The predicted molar refractivity (Wildman–Crippen MR) is 102 cm³/mol. The molecule has 1 fully saturated rings. The van der Waals surface area contributed by atoms with Crippen molar-refractivity contribution in [3.63, 3.8) is 0 Å². The Labute approximate surface area is 160 Å². The lowest BCUT2D eigenvalue weighted by Gasteiger charge is -2.28. The molecule has 0 bridgehead atoms. The van der Waals surface area contributed by atoms with Gasteiger partial charge in [-0.15, -0.1) is 10.2 Å². The lowest BCUT2D eigenvalue weighted by Crippen LogP contribution is -2.38. The molecule has 0 aliphatic carbocycles. The SMILES string of the molecule is CC(C)Cn1c(SCc2ccc(Br)cc2F)nnc1N1CCOCC1. The molecule has 25 heavy (non-hydrogen) atoms. The van der Waals surface area contributed by atoms with Crippen molar-refractivity contribution in [3.05, 3.63) is 34.1 Å². The van der Waals surface area contributed by atoms with E-state index in [1.165, 1.54) is 17.8 Å². The van der Waals surface area contributed by atoms with E-state index in [1.54, 1.807) is 6.07 Å². The van der Waals surface area contributed by atoms with E-state index in [4.69, 9.17) is 4.74 Å². The molecule has 0 unspecified atom stereocenters. The summed E-state index contributed by atoms with van der Waals surface area (Å²) in [6.07, 6.45) is 0. The Morgan fingerprint density at radius 1 is 1.28 bits per heavy atom. The molecule has 0 N–H and O–H groups in total. The van der Waals surface area contributed by atoms with Gasteiger partial charge in [0.05, 0.1) is 13.2 Å². The number of morpholine rings is 1. The van der Waals surface area contributed by atoms with Crippen LogP contribution < -0.4 is 4.90 Å². The van der Waals surface area contributed by atoms with E-state index >= 15 is 0 Å². The van der Waals surface area contributed by atoms with Crippen molar-refractivity contribution in [3.8, 4) is 0 Å². The van der Waals surface area contributed by atoms with E-state index in [1.807, 2.05) is 6.07 Å². The van der Waals surface area contributed by atoms with Gasteiger partial charge in [-0.1, -0.05) is 47.6 Å². The highest BCUT2D eigenvalue weighted by atomic mass is 79.9. The zero-order valence-electron chi connectivity index (χ0n) is 14.4. The minimum Gasteiger partial charge on any atom is -0.378 e. The molecule has 2 aromatic rings. The number of aromatic nitrogens is 3. The van der Waals surface area contributed by atoms with Crippen LogP contribution in [0.2, 0.25) is 0 Å². The first-order chi connectivity index (χ1) is 12.0. The number of halogens is 2. The minimum atomic E-state index is -0.204. The number of hydrogen-bond donors (Lipinski definition) is 0. The standard InChI is InChI=1S/C17H22BrFN4OS/c1-12(2)10-23-16(22-5-7-24-8-6-22)20-21-17(23)25-11-13-3-4-14(18)9-15(13)19/h3-4,9,12H,5-8,10-11H2,1-2H3. The van der Waals surface area contributed by atoms with E-state index in [9.17, 15) is 4.39 Å². The zero-order chi connectivity index (χ0) is 17.8. The fraction of sp³-hybridized carbons (Fsp3) is 0.529. The zero-order valence-corrected chi connectivity index (χ0v) is 16.8. The van der Waals surface area contributed by atoms with Crippen LogP contribution in [0.1, 0.15) is 19.4 Å². The van der Waals surface area contributed by atoms with Crippen LogP contribution in [-0.2, 0) is 17.0 Å². The van der Waals surface area contributed by atoms with Crippen LogP contribution in [0.3, 0.4) is 0 Å². The van der Waals surface area contributed by atoms with Crippen LogP contribution in [-0.4, -0.2) is 41.1 Å². The fourth-order valence-corrected chi connectivity index (χ4v) is 3.95. The molecule has 0 spiro atoms. The Morgan fingerprint density at radius 3 is 2.72 bits per heavy atom. The van der Waals surface area contributed by atoms with Gasteiger partial charge >= 0.3 is 0 Å². The van der Waals surface area contributed by atoms with Crippen molar-refractivity contribution in [1.82, 2.24) is 14.8 Å². The van der Waals surface area contributed by atoms with E-state index in [-0.39, 0.29) is 5.82 Å². The van der Waals surface area contributed by atoms with Crippen LogP contribution in [0, 0.1) is 11.7 Å². The molecule has 0 amide bonds. The van der Waals surface area contributed by atoms with Gasteiger partial charge < -0.3 is 9.64 Å². The third-order valence-corrected chi connectivity index (χ3v) is 5.42. The topological polar surface area (TPSA) is 43.2 Å². The van der Waals surface area contributed by atoms with Crippen LogP contribution >= 0.6 is 27.7 Å². The average molecular weight is 429 g/mol. The largest absolute Gasteiger partial charge is 0.378 e. The predicted octanol–water partition coefficient (Wildman–Crippen LogP) is 3.96. The van der Waals surface area contributed by atoms with Gasteiger partial charge in [-0.25, -0.2) is 4.39 Å². The van der Waals surface area contributed by atoms with Gasteiger partial charge in [-0.05, 0) is 23.6 Å². The normalized spacial score (nSPS) is 15.2. The second kappa shape index (κ2) is 8.51. The van der Waals surface area contributed by atoms with Crippen LogP contribution in [0.5, 0.6) is 0 Å². The molecule has 0 atom stereocenters. The van der Waals surface area contributed by atoms with Crippen molar-refractivity contribution in [2.75, 3.05) is 31.2 Å². The lowest BCUT2D eigenvalue weighted by molar-refractivity contribution is 0.121. The number of nitrogens with zero attached hydrogens (tertiary/aromatic N) is 4. The number of anilines is 1. The number of hydrogen-bond acceptors (Lipinski definition) is 5. The molecule has 0 radical (unpaired) electrons. The average Bonchev–Trinajstić information content (AvgIpc) is 2.97. The molecule has 0 saturated carbocycles. The van der Waals surface area contributed by atoms with Crippen molar-refractivity contribution < 1.29 is 9.13 Å². The van der Waals surface area contributed by atoms with Gasteiger partial charge in [0.2, 0.25) is 5.95 Å². The summed E-state index contributed by atoms with van der Waals surface area (Å²) in [5, 5.41) is 9.60. The van der Waals surface area contributed by atoms with E-state index < -0.39 is 0 Å². The molecule has 2 heterocycles. The lowest BCUT2D eigenvalue weighted by atomic mass is 10.2. The third kappa shape index (κ3) is 4.74. The maximum atomic E-state index is 14.1. The number of ether oxygens (including phenoxy) is 1. The number of rotatable bonds is 6. The molecule has 1 aromatic heterocycles. The summed E-state index contributed by atoms with van der Waals surface area (Å²) in [5.41, 5.74) is 0.667. The summed E-state index contributed by atoms with van der Waals surface area (Å²) >= 11 is 4.81. The molecule has 1 aliphatic heterocycles. The van der Waals surface area contributed by atoms with Crippen molar-refractivity contribution in [1.29, 1.82) is 0 Å². The quantitative estimate of drug-likeness (QED) is 0.651. The fourth-order valence-electron chi connectivity index (χ4n) is 2.69. The monoisotopic (exact) mass is 428 g/mol. The summed E-state index contributed by atoms with van der Waals surface area (Å²) in [4.78, 5) is 2.21. The Morgan fingerprint density at radius 2 is 2.04 bits per heavy atom. The first-order valence-corrected chi connectivity index (χ1v) is 10.1. The summed E-state index contributed by atoms with van der Waals surface area (Å²) in [7, 11) is 0. The maximum absolute atomic E-state index is 14.1. The number of thioether (sulfide) groups is 1. The molecule has 3 rings (SSSR count). The Hall–Kier alpha value is -1.12. The van der Waals surface area contributed by atoms with Crippen LogP contribution in [0.15, 0.2) is 27.8 Å². The third-order valence-electron chi connectivity index (χ3n) is 3.91. The molecule has 8 heteroatoms. The molecule has 1 saturated heterocycles. The summed E-state index contributed by atoms with van der Waals surface area (Å²) in [6.45, 7) is 8.25. The van der Waals surface area contributed by atoms with Gasteiger partial charge in [0.1, 0.15) is 5.82 Å². The highest BCUT2D eigenvalue weighted by molar-refractivity contribution is 9.10. The smallest absolute Gasteiger partial charge is 0.228 e.